The van der Waals surface area contributed by atoms with Gasteiger partial charge in [-0.3, -0.25) is 0 Å². The number of anilines is 1. The van der Waals surface area contributed by atoms with Crippen molar-refractivity contribution in [3.05, 3.63) is 29.8 Å². The van der Waals surface area contributed by atoms with Crippen molar-refractivity contribution in [3.63, 3.8) is 0 Å². The Morgan fingerprint density at radius 1 is 1.18 bits per heavy atom. The molecule has 0 amide bonds. The van der Waals surface area contributed by atoms with Crippen LogP contribution < -0.4 is 10.2 Å². The van der Waals surface area contributed by atoms with Crippen molar-refractivity contribution in [1.29, 1.82) is 0 Å². The van der Waals surface area contributed by atoms with Gasteiger partial charge in [0.25, 0.3) is 0 Å². The molecule has 1 heterocycles. The molecule has 1 aliphatic rings. The summed E-state index contributed by atoms with van der Waals surface area (Å²) in [6.07, 6.45) is -0.280. The molecule has 0 radical (unpaired) electrons. The van der Waals surface area contributed by atoms with Crippen LogP contribution in [0.3, 0.4) is 0 Å². The van der Waals surface area contributed by atoms with Gasteiger partial charge in [0.2, 0.25) is 0 Å². The first-order chi connectivity index (χ1) is 8.35. The second-order valence-corrected chi connectivity index (χ2v) is 4.14. The van der Waals surface area contributed by atoms with Crippen LogP contribution in [0.4, 0.5) is 5.69 Å². The highest BCUT2D eigenvalue weighted by molar-refractivity contribution is 5.49. The van der Waals surface area contributed by atoms with E-state index in [4.69, 9.17) is 9.47 Å². The predicted molar refractivity (Wildman–Crippen MR) is 68.3 cm³/mol. The van der Waals surface area contributed by atoms with Crippen molar-refractivity contribution >= 4 is 5.69 Å². The number of hydrogen-bond donors (Lipinski definition) is 1. The number of hydrogen-bond acceptors (Lipinski definition) is 4. The molecule has 1 aliphatic heterocycles. The maximum Gasteiger partial charge on any atom is 0.183 e. The molecule has 0 spiro atoms. The van der Waals surface area contributed by atoms with Gasteiger partial charge in [0.1, 0.15) is 0 Å². The van der Waals surface area contributed by atoms with E-state index in [0.717, 1.165) is 31.7 Å². The van der Waals surface area contributed by atoms with Gasteiger partial charge in [-0.2, -0.15) is 0 Å². The molecule has 4 nitrogen and oxygen atoms in total. The van der Waals surface area contributed by atoms with Gasteiger partial charge >= 0.3 is 0 Å². The second-order valence-electron chi connectivity index (χ2n) is 4.14. The van der Waals surface area contributed by atoms with Crippen LogP contribution in [0.25, 0.3) is 0 Å². The van der Waals surface area contributed by atoms with Gasteiger partial charge in [-0.1, -0.05) is 12.1 Å². The summed E-state index contributed by atoms with van der Waals surface area (Å²) in [5, 5.41) is 3.35. The Balaban J connectivity index is 2.15. The molecule has 4 heteroatoms. The van der Waals surface area contributed by atoms with Crippen molar-refractivity contribution in [2.45, 2.75) is 6.29 Å². The fraction of sp³-hybridized carbons (Fsp3) is 0.538. The Kier molecular flexibility index (Phi) is 4.36. The molecular formula is C13H20N2O2. The first kappa shape index (κ1) is 12.4. The summed E-state index contributed by atoms with van der Waals surface area (Å²) in [7, 11) is 3.32. The van der Waals surface area contributed by atoms with Crippen LogP contribution in [0.5, 0.6) is 0 Å². The average Bonchev–Trinajstić information content (AvgIpc) is 2.42. The van der Waals surface area contributed by atoms with E-state index in [0.29, 0.717) is 0 Å². The smallest absolute Gasteiger partial charge is 0.183 e. The minimum atomic E-state index is -0.280. The lowest BCUT2D eigenvalue weighted by Crippen LogP contribution is -2.43. The quantitative estimate of drug-likeness (QED) is 0.801. The van der Waals surface area contributed by atoms with E-state index in [1.807, 2.05) is 6.07 Å². The Morgan fingerprint density at radius 3 is 2.53 bits per heavy atom. The maximum absolute atomic E-state index is 5.27. The van der Waals surface area contributed by atoms with Crippen molar-refractivity contribution < 1.29 is 9.47 Å². The number of rotatable bonds is 4. The highest BCUT2D eigenvalue weighted by Gasteiger charge is 2.13. The van der Waals surface area contributed by atoms with Crippen molar-refractivity contribution in [2.75, 3.05) is 45.3 Å². The van der Waals surface area contributed by atoms with Crippen molar-refractivity contribution in [2.24, 2.45) is 0 Å². The minimum absolute atomic E-state index is 0.280. The van der Waals surface area contributed by atoms with Gasteiger partial charge in [-0.15, -0.1) is 0 Å². The Labute approximate surface area is 103 Å². The zero-order valence-electron chi connectivity index (χ0n) is 10.5. The molecule has 0 unspecified atom stereocenters. The number of piperazine rings is 1. The molecule has 1 aromatic rings. The van der Waals surface area contributed by atoms with Crippen LogP contribution in [0.1, 0.15) is 11.9 Å². The minimum Gasteiger partial charge on any atom is -0.369 e. The molecule has 2 rings (SSSR count). The van der Waals surface area contributed by atoms with Crippen LogP contribution in [0, 0.1) is 0 Å². The highest BCUT2D eigenvalue weighted by atomic mass is 16.7. The third kappa shape index (κ3) is 2.97. The van der Waals surface area contributed by atoms with E-state index >= 15 is 0 Å². The van der Waals surface area contributed by atoms with Crippen LogP contribution in [0.2, 0.25) is 0 Å². The monoisotopic (exact) mass is 236 g/mol. The molecule has 0 saturated carbocycles. The fourth-order valence-electron chi connectivity index (χ4n) is 2.16. The number of ether oxygens (including phenoxy) is 2. The van der Waals surface area contributed by atoms with Gasteiger partial charge in [0.15, 0.2) is 6.29 Å². The van der Waals surface area contributed by atoms with Gasteiger partial charge in [0, 0.05) is 51.6 Å². The van der Waals surface area contributed by atoms with E-state index in [2.05, 4.69) is 28.4 Å². The average molecular weight is 236 g/mol. The predicted octanol–water partition coefficient (Wildman–Crippen LogP) is 1.39. The first-order valence-corrected chi connectivity index (χ1v) is 5.96. The van der Waals surface area contributed by atoms with E-state index < -0.39 is 0 Å². The Hall–Kier alpha value is -1.10. The molecule has 1 aromatic carbocycles. The standard InChI is InChI=1S/C13H20N2O2/c1-16-13(17-2)11-4-3-5-12(10-11)15-8-6-14-7-9-15/h3-5,10,13-14H,6-9H2,1-2H3. The lowest BCUT2D eigenvalue weighted by atomic mass is 10.1. The topological polar surface area (TPSA) is 33.7 Å². The van der Waals surface area contributed by atoms with E-state index in [1.54, 1.807) is 14.2 Å². The molecule has 1 N–H and O–H groups in total. The van der Waals surface area contributed by atoms with Gasteiger partial charge in [0.05, 0.1) is 0 Å². The molecule has 17 heavy (non-hydrogen) atoms. The molecule has 0 bridgehead atoms. The van der Waals surface area contributed by atoms with E-state index in [9.17, 15) is 0 Å². The molecule has 1 saturated heterocycles. The first-order valence-electron chi connectivity index (χ1n) is 5.96. The van der Waals surface area contributed by atoms with Crippen molar-refractivity contribution in [3.8, 4) is 0 Å². The highest BCUT2D eigenvalue weighted by Crippen LogP contribution is 2.23. The molecule has 94 valence electrons. The van der Waals surface area contributed by atoms with Crippen LogP contribution >= 0.6 is 0 Å². The summed E-state index contributed by atoms with van der Waals surface area (Å²) in [6.45, 7) is 4.19. The third-order valence-electron chi connectivity index (χ3n) is 3.05. The number of nitrogens with one attached hydrogen (secondary N) is 1. The SMILES string of the molecule is COC(OC)c1cccc(N2CCNCC2)c1. The zero-order chi connectivity index (χ0) is 12.1. The van der Waals surface area contributed by atoms with Gasteiger partial charge in [-0.05, 0) is 12.1 Å². The third-order valence-corrected chi connectivity index (χ3v) is 3.05. The lowest BCUT2D eigenvalue weighted by molar-refractivity contribution is -0.105. The molecular weight excluding hydrogens is 216 g/mol. The molecule has 0 aromatic heterocycles. The summed E-state index contributed by atoms with van der Waals surface area (Å²) < 4.78 is 10.5. The summed E-state index contributed by atoms with van der Waals surface area (Å²) in [4.78, 5) is 2.38. The molecule has 1 fully saturated rings. The maximum atomic E-state index is 5.27. The van der Waals surface area contributed by atoms with Crippen LogP contribution in [-0.2, 0) is 9.47 Å². The number of methoxy groups -OCH3 is 2. The summed E-state index contributed by atoms with van der Waals surface area (Å²) in [6, 6.07) is 8.36. The van der Waals surface area contributed by atoms with Crippen molar-refractivity contribution in [1.82, 2.24) is 5.32 Å². The van der Waals surface area contributed by atoms with Crippen LogP contribution in [0.15, 0.2) is 24.3 Å². The molecule has 0 atom stereocenters. The van der Waals surface area contributed by atoms with Gasteiger partial charge in [-0.25, -0.2) is 0 Å². The van der Waals surface area contributed by atoms with Crippen LogP contribution in [-0.4, -0.2) is 40.4 Å². The normalized spacial score (nSPS) is 16.5. The molecule has 0 aliphatic carbocycles. The summed E-state index contributed by atoms with van der Waals surface area (Å²) >= 11 is 0. The van der Waals surface area contributed by atoms with E-state index in [-0.39, 0.29) is 6.29 Å². The zero-order valence-corrected chi connectivity index (χ0v) is 10.5. The number of benzene rings is 1. The fourth-order valence-corrected chi connectivity index (χ4v) is 2.16. The summed E-state index contributed by atoms with van der Waals surface area (Å²) in [5.41, 5.74) is 2.30. The van der Waals surface area contributed by atoms with E-state index in [1.165, 1.54) is 5.69 Å². The van der Waals surface area contributed by atoms with Gasteiger partial charge < -0.3 is 19.7 Å². The Bertz CT molecular complexity index is 347. The summed E-state index contributed by atoms with van der Waals surface area (Å²) in [5.74, 6) is 0. The largest absolute Gasteiger partial charge is 0.369 e. The lowest BCUT2D eigenvalue weighted by Gasteiger charge is -2.30. The number of nitrogens with zero attached hydrogens (tertiary/aromatic N) is 1. The Morgan fingerprint density at radius 2 is 1.88 bits per heavy atom. The second kappa shape index (κ2) is 6.00.